The number of hydrogen-bond acceptors (Lipinski definition) is 25. The molecule has 0 radical (unpaired) electrons. The SMILES string of the molecule is CC(C)C(=O)NC1(COCCC(=O)NCCCCC2C(=O)ON3CCC(=O)CN2CC(=O)C3)COCCC(=O)NCCCCC(NCC(=O)O)C(=O)O[C@]2(NOC2=O)C2C(=O)C(CCCCNC(=O)CCOC1)NCC(=O)O[C@@H]2CCC(=O)O. The molecule has 6 saturated heterocycles. The summed E-state index contributed by atoms with van der Waals surface area (Å²) in [7, 11) is 0. The lowest BCUT2D eigenvalue weighted by Gasteiger charge is -2.46. The second-order valence-corrected chi connectivity index (χ2v) is 21.6. The highest BCUT2D eigenvalue weighted by Crippen LogP contribution is 2.37. The van der Waals surface area contributed by atoms with Crippen molar-refractivity contribution in [3.05, 3.63) is 0 Å². The number of ketones is 3. The molecule has 4 amide bonds. The van der Waals surface area contributed by atoms with E-state index < -0.39 is 133 Å². The van der Waals surface area contributed by atoms with E-state index in [0.29, 0.717) is 25.7 Å². The van der Waals surface area contributed by atoms with Crippen LogP contribution in [-0.2, 0) is 95.7 Å². The number of unbranched alkanes of at least 4 members (excludes halogenated alkanes) is 1. The number of Topliss-reactive ketones (excluding diaryl/α,β-unsaturated/α-hetero) is 3. The molecule has 6 heterocycles. The van der Waals surface area contributed by atoms with Gasteiger partial charge in [-0.15, -0.1) is 5.06 Å². The van der Waals surface area contributed by atoms with E-state index in [1.807, 2.05) is 0 Å². The summed E-state index contributed by atoms with van der Waals surface area (Å²) in [5.41, 5.74) is -1.78. The molecule has 7 unspecified atom stereocenters. The summed E-state index contributed by atoms with van der Waals surface area (Å²) in [6.07, 6.45) is -0.862. The van der Waals surface area contributed by atoms with Crippen molar-refractivity contribution in [2.24, 2.45) is 11.8 Å². The molecule has 1 spiro atoms. The average molecular weight is 1200 g/mol. The monoisotopic (exact) mass is 1200 g/mol. The first-order valence-corrected chi connectivity index (χ1v) is 28.5. The molecule has 4 bridgehead atoms. The number of esters is 2. The van der Waals surface area contributed by atoms with E-state index in [1.165, 1.54) is 5.06 Å². The van der Waals surface area contributed by atoms with Crippen LogP contribution in [0.5, 0.6) is 0 Å². The largest absolute Gasteiger partial charge is 0.481 e. The maximum absolute atomic E-state index is 14.6. The Kier molecular flexibility index (Phi) is 27.9. The first-order valence-electron chi connectivity index (χ1n) is 28.5. The van der Waals surface area contributed by atoms with E-state index in [0.717, 1.165) is 0 Å². The van der Waals surface area contributed by atoms with Crippen LogP contribution >= 0.6 is 0 Å². The minimum Gasteiger partial charge on any atom is -0.481 e. The van der Waals surface area contributed by atoms with Crippen molar-refractivity contribution in [1.29, 1.82) is 0 Å². The number of carbonyl (C=O) groups is 13. The van der Waals surface area contributed by atoms with Gasteiger partial charge in [0.05, 0.1) is 78.4 Å². The van der Waals surface area contributed by atoms with Crippen molar-refractivity contribution < 1.29 is 106 Å². The van der Waals surface area contributed by atoms with Crippen LogP contribution < -0.4 is 37.4 Å². The Labute approximate surface area is 484 Å². The quantitative estimate of drug-likeness (QED) is 0.0372. The molecule has 9 N–H and O–H groups in total. The minimum absolute atomic E-state index is 0.0147. The van der Waals surface area contributed by atoms with Crippen LogP contribution in [0.15, 0.2) is 0 Å². The molecule has 6 aliphatic heterocycles. The van der Waals surface area contributed by atoms with Gasteiger partial charge in [0.2, 0.25) is 23.6 Å². The molecular weight excluding hydrogens is 1110 g/mol. The van der Waals surface area contributed by atoms with Crippen LogP contribution in [0, 0.1) is 11.8 Å². The van der Waals surface area contributed by atoms with E-state index >= 15 is 0 Å². The second-order valence-electron chi connectivity index (χ2n) is 21.6. The molecule has 470 valence electrons. The number of carboxylic acid groups (broad SMARTS) is 2. The third-order valence-corrected chi connectivity index (χ3v) is 14.4. The first kappa shape index (κ1) is 68.2. The number of carbonyl (C=O) groups excluding carboxylic acids is 11. The predicted octanol–water partition coefficient (Wildman–Crippen LogP) is -3.15. The van der Waals surface area contributed by atoms with Crippen molar-refractivity contribution in [3.8, 4) is 0 Å². The molecule has 0 aromatic rings. The van der Waals surface area contributed by atoms with Gasteiger partial charge in [-0.3, -0.25) is 68.3 Å². The van der Waals surface area contributed by atoms with Gasteiger partial charge >= 0.3 is 41.5 Å². The lowest BCUT2D eigenvalue weighted by Crippen LogP contribution is -2.76. The number of fused-ring (bicyclic) bond motifs is 10. The van der Waals surface area contributed by atoms with Gasteiger partial charge in [0.25, 0.3) is 0 Å². The van der Waals surface area contributed by atoms with Gasteiger partial charge in [-0.1, -0.05) is 19.3 Å². The highest BCUT2D eigenvalue weighted by Gasteiger charge is 2.66. The normalized spacial score (nSPS) is 28.9. The number of rotatable bonds is 18. The summed E-state index contributed by atoms with van der Waals surface area (Å²) >= 11 is 0. The van der Waals surface area contributed by atoms with Crippen molar-refractivity contribution in [3.63, 3.8) is 0 Å². The Morgan fingerprint density at radius 2 is 1.46 bits per heavy atom. The summed E-state index contributed by atoms with van der Waals surface area (Å²) in [5.74, 6) is -11.7. The lowest BCUT2D eigenvalue weighted by atomic mass is 9.79. The van der Waals surface area contributed by atoms with Gasteiger partial charge in [-0.2, -0.15) is 0 Å². The lowest BCUT2D eigenvalue weighted by molar-refractivity contribution is -0.271. The Morgan fingerprint density at radius 1 is 0.786 bits per heavy atom. The molecule has 9 atom stereocenters. The number of cyclic esters (lactones) is 1. The van der Waals surface area contributed by atoms with Crippen molar-refractivity contribution in [1.82, 2.24) is 47.3 Å². The average Bonchev–Trinajstić information content (AvgIpc) is 2.01. The fraction of sp³-hybridized carbons (Fsp3) is 0.755. The zero-order chi connectivity index (χ0) is 61.2. The molecule has 84 heavy (non-hydrogen) atoms. The fourth-order valence-corrected chi connectivity index (χ4v) is 9.83. The highest BCUT2D eigenvalue weighted by molar-refractivity contribution is 5.98. The van der Waals surface area contributed by atoms with Crippen LogP contribution in [0.25, 0.3) is 0 Å². The van der Waals surface area contributed by atoms with Crippen molar-refractivity contribution in [2.45, 2.75) is 146 Å². The second kappa shape index (κ2) is 34.4. The standard InChI is InChI=1S/C53H81N9O22/c1-33(2)48(74)59-52(32-80-24-17-42(67)56-20-8-5-11-38-50(76)84-62-21-14-34(63)27-61(38)28-35(64)29-62)30-78-22-15-40(65)54-18-6-3-9-36-47(73)46(39(12-13-43(68)69)81-45(72)26-58-36)53(51(77)83-60-53)82-49(75)37(57-25-44(70)71)10-4-7-19-55-41(66)16-23-79-31-52/h33,36-39,46,57-58,60H,3-32H2,1-2H3,(H,54,65)(H,55,66)(H,56,67)(H,59,74)(H,68,69)(H,70,71)/t36?,37?,38?,39-,46?,52?,53-/m1/s1. The number of nitrogens with one attached hydrogen (secondary N) is 7. The van der Waals surface area contributed by atoms with E-state index in [-0.39, 0.29) is 161 Å². The van der Waals surface area contributed by atoms with Crippen LogP contribution in [0.3, 0.4) is 0 Å². The fourth-order valence-electron chi connectivity index (χ4n) is 9.83. The summed E-state index contributed by atoms with van der Waals surface area (Å²) in [6, 6.07) is -3.42. The number of nitrogens with zero attached hydrogens (tertiary/aromatic N) is 2. The predicted molar refractivity (Wildman–Crippen MR) is 285 cm³/mol. The summed E-state index contributed by atoms with van der Waals surface area (Å²) in [5, 5.41) is 36.8. The number of ether oxygens (including phenoxy) is 5. The zero-order valence-corrected chi connectivity index (χ0v) is 47.6. The maximum Gasteiger partial charge on any atom is 0.389 e. The Hall–Kier alpha value is -6.61. The van der Waals surface area contributed by atoms with Crippen molar-refractivity contribution in [2.75, 3.05) is 98.5 Å². The first-order chi connectivity index (χ1) is 40.1. The molecule has 6 fully saturated rings. The molecule has 31 nitrogen and oxygen atoms in total. The molecular formula is C53H81N9O22. The molecule has 0 aromatic heterocycles. The Morgan fingerprint density at radius 3 is 2.10 bits per heavy atom. The van der Waals surface area contributed by atoms with Gasteiger partial charge in [-0.05, 0) is 64.2 Å². The number of hydrogen-bond donors (Lipinski definition) is 9. The van der Waals surface area contributed by atoms with Gasteiger partial charge in [-0.25, -0.2) is 9.59 Å². The minimum atomic E-state index is -2.63. The summed E-state index contributed by atoms with van der Waals surface area (Å²) in [4.78, 5) is 180. The molecule has 6 rings (SSSR count). The van der Waals surface area contributed by atoms with Crippen LogP contribution in [0.1, 0.15) is 110 Å². The number of aliphatic carboxylic acids is 2. The number of carboxylic acids is 2. The van der Waals surface area contributed by atoms with Gasteiger partial charge in [0.15, 0.2) is 11.6 Å². The highest BCUT2D eigenvalue weighted by atomic mass is 16.8. The van der Waals surface area contributed by atoms with Gasteiger partial charge in [0.1, 0.15) is 35.4 Å². The molecule has 0 aromatic carbocycles. The van der Waals surface area contributed by atoms with E-state index in [9.17, 15) is 72.5 Å². The Balaban J connectivity index is 1.23. The number of amides is 4. The summed E-state index contributed by atoms with van der Waals surface area (Å²) in [6.45, 7) is 1.43. The smallest absolute Gasteiger partial charge is 0.389 e. The van der Waals surface area contributed by atoms with Gasteiger partial charge < -0.3 is 64.8 Å². The third-order valence-electron chi connectivity index (χ3n) is 14.4. The zero-order valence-electron chi connectivity index (χ0n) is 47.6. The van der Waals surface area contributed by atoms with Crippen molar-refractivity contribution >= 4 is 76.8 Å². The van der Waals surface area contributed by atoms with Gasteiger partial charge in [0, 0.05) is 64.2 Å². The molecule has 0 saturated carbocycles. The van der Waals surface area contributed by atoms with E-state index in [4.69, 9.17) is 33.4 Å². The van der Waals surface area contributed by atoms with E-state index in [2.05, 4.69) is 37.4 Å². The van der Waals surface area contributed by atoms with Crippen LogP contribution in [0.2, 0.25) is 0 Å². The molecule has 0 aliphatic carbocycles. The topological polar surface area (TPSA) is 418 Å². The molecule has 6 aliphatic rings. The third kappa shape index (κ3) is 22.1. The number of hydroxylamine groups is 3. The Bertz CT molecular complexity index is 2360. The van der Waals surface area contributed by atoms with E-state index in [1.54, 1.807) is 18.7 Å². The molecule has 31 heteroatoms. The van der Waals surface area contributed by atoms with Crippen LogP contribution in [0.4, 0.5) is 0 Å². The summed E-state index contributed by atoms with van der Waals surface area (Å²) < 4.78 is 29.2. The maximum atomic E-state index is 14.6. The van der Waals surface area contributed by atoms with Crippen LogP contribution in [-0.4, -0.2) is 231 Å².